The molecule has 2 rings (SSSR count). The van der Waals surface area contributed by atoms with Gasteiger partial charge in [-0.05, 0) is 12.1 Å². The fraction of sp³-hybridized carbons (Fsp3) is 0.167. The molecule has 0 aliphatic heterocycles. The highest BCUT2D eigenvalue weighted by Crippen LogP contribution is 2.49. The Balaban J connectivity index is 2.90. The molecule has 0 radical (unpaired) electrons. The number of nitro benzene ring substituents is 2. The fourth-order valence-electron chi connectivity index (χ4n) is 2.89. The molecule has 1 N–H and O–H groups in total. The molecule has 2 aromatic carbocycles. The van der Waals surface area contributed by atoms with Crippen molar-refractivity contribution in [2.24, 2.45) is 5.16 Å². The molecule has 0 bridgehead atoms. The minimum Gasteiger partial charge on any atom is -0.409 e. The van der Waals surface area contributed by atoms with E-state index < -0.39 is 67.8 Å². The summed E-state index contributed by atoms with van der Waals surface area (Å²) in [6.07, 6.45) is -9.06. The maximum Gasteiger partial charge on any atom is 0.418 e. The molecule has 0 spiro atoms. The third-order valence-electron chi connectivity index (χ3n) is 4.28. The molecule has 0 amide bonds. The number of alkyl halides is 6. The summed E-state index contributed by atoms with van der Waals surface area (Å²) in [7, 11) is 0. The van der Waals surface area contributed by atoms with E-state index in [1.807, 2.05) is 0 Å². The van der Waals surface area contributed by atoms with E-state index >= 15 is 0 Å². The van der Waals surface area contributed by atoms with Gasteiger partial charge in [-0.2, -0.15) is 26.3 Å². The van der Waals surface area contributed by atoms with Crippen molar-refractivity contribution in [2.45, 2.75) is 12.4 Å². The first kappa shape index (κ1) is 26.4. The zero-order valence-electron chi connectivity index (χ0n) is 16.4. The number of nitrogens with zero attached hydrogens (tertiary/aromatic N) is 4. The van der Waals surface area contributed by atoms with E-state index in [9.17, 15) is 51.8 Å². The standard InChI is InChI=1S/C18H11ClF6N4O5/c1-2-7-27(16(26-30)9-3-5-10(6-4-9)17(20,21)22)14-12(28(31)32)8-11(18(23,24)25)13(19)15(14)29(33)34/h2-6,8,30H,1,7H2. The maximum atomic E-state index is 13.3. The number of benzene rings is 2. The van der Waals surface area contributed by atoms with Crippen molar-refractivity contribution in [1.29, 1.82) is 0 Å². The van der Waals surface area contributed by atoms with Gasteiger partial charge in [-0.15, -0.1) is 6.58 Å². The van der Waals surface area contributed by atoms with Crippen LogP contribution in [0.1, 0.15) is 16.7 Å². The van der Waals surface area contributed by atoms with E-state index in [0.29, 0.717) is 17.0 Å². The second-order valence-corrected chi connectivity index (χ2v) is 6.74. The van der Waals surface area contributed by atoms with Crippen molar-refractivity contribution in [3.63, 3.8) is 0 Å². The molecule has 34 heavy (non-hydrogen) atoms. The van der Waals surface area contributed by atoms with E-state index in [1.165, 1.54) is 0 Å². The van der Waals surface area contributed by atoms with Gasteiger partial charge >= 0.3 is 23.7 Å². The SMILES string of the molecule is C=CCN(C(=NO)c1ccc(C(F)(F)F)cc1)c1c([N+](=O)[O-])cc(C(F)(F)F)c(Cl)c1[N+](=O)[O-]. The second kappa shape index (κ2) is 9.54. The Bertz CT molecular complexity index is 1170. The van der Waals surface area contributed by atoms with Gasteiger partial charge in [0.1, 0.15) is 5.02 Å². The minimum atomic E-state index is -5.31. The highest BCUT2D eigenvalue weighted by molar-refractivity contribution is 6.34. The van der Waals surface area contributed by atoms with Crippen LogP contribution in [0.5, 0.6) is 0 Å². The van der Waals surface area contributed by atoms with Crippen LogP contribution in [0.25, 0.3) is 0 Å². The lowest BCUT2D eigenvalue weighted by Gasteiger charge is -2.24. The molecule has 0 saturated carbocycles. The summed E-state index contributed by atoms with van der Waals surface area (Å²) in [4.78, 5) is 21.0. The van der Waals surface area contributed by atoms with Crippen LogP contribution in [-0.4, -0.2) is 27.4 Å². The Morgan fingerprint density at radius 3 is 2.03 bits per heavy atom. The molecular weight excluding hydrogens is 502 g/mol. The number of oxime groups is 1. The Labute approximate surface area is 190 Å². The lowest BCUT2D eigenvalue weighted by Crippen LogP contribution is -2.33. The summed E-state index contributed by atoms with van der Waals surface area (Å²) in [5.74, 6) is -0.768. The van der Waals surface area contributed by atoms with E-state index in [4.69, 9.17) is 11.6 Å². The predicted octanol–water partition coefficient (Wildman–Crippen LogP) is 6.02. The van der Waals surface area contributed by atoms with Crippen molar-refractivity contribution in [2.75, 3.05) is 11.4 Å². The molecule has 9 nitrogen and oxygen atoms in total. The summed E-state index contributed by atoms with van der Waals surface area (Å²) >= 11 is 5.62. The number of rotatable bonds is 6. The monoisotopic (exact) mass is 512 g/mol. The van der Waals surface area contributed by atoms with Crippen molar-refractivity contribution in [1.82, 2.24) is 0 Å². The minimum absolute atomic E-state index is 0.0392. The van der Waals surface area contributed by atoms with E-state index in [1.54, 1.807) is 0 Å². The van der Waals surface area contributed by atoms with Gasteiger partial charge in [0.2, 0.25) is 5.69 Å². The van der Waals surface area contributed by atoms with Crippen molar-refractivity contribution >= 4 is 34.5 Å². The smallest absolute Gasteiger partial charge is 0.409 e. The lowest BCUT2D eigenvalue weighted by molar-refractivity contribution is -0.392. The molecule has 0 aromatic heterocycles. The third kappa shape index (κ3) is 5.19. The second-order valence-electron chi connectivity index (χ2n) is 6.36. The number of anilines is 1. The molecule has 0 unspecified atom stereocenters. The van der Waals surface area contributed by atoms with E-state index in [2.05, 4.69) is 11.7 Å². The highest BCUT2D eigenvalue weighted by Gasteiger charge is 2.44. The van der Waals surface area contributed by atoms with Crippen LogP contribution < -0.4 is 4.90 Å². The maximum absolute atomic E-state index is 13.3. The molecular formula is C18H11ClF6N4O5. The molecule has 16 heteroatoms. The van der Waals surface area contributed by atoms with Gasteiger partial charge in [-0.3, -0.25) is 20.2 Å². The molecule has 0 fully saturated rings. The highest BCUT2D eigenvalue weighted by atomic mass is 35.5. The topological polar surface area (TPSA) is 122 Å². The normalized spacial score (nSPS) is 12.4. The molecule has 0 saturated heterocycles. The molecule has 182 valence electrons. The van der Waals surface area contributed by atoms with E-state index in [0.717, 1.165) is 18.2 Å². The average molecular weight is 513 g/mol. The molecule has 0 atom stereocenters. The quantitative estimate of drug-likeness (QED) is 0.0960. The van der Waals surface area contributed by atoms with Crippen LogP contribution >= 0.6 is 11.6 Å². The fourth-order valence-corrected chi connectivity index (χ4v) is 3.21. The van der Waals surface area contributed by atoms with Gasteiger partial charge in [-0.1, -0.05) is 35.0 Å². The van der Waals surface area contributed by atoms with Gasteiger partial charge in [0.05, 0.1) is 21.0 Å². The van der Waals surface area contributed by atoms with Crippen LogP contribution in [0.2, 0.25) is 5.02 Å². The first-order chi connectivity index (χ1) is 15.6. The zero-order valence-corrected chi connectivity index (χ0v) is 17.1. The van der Waals surface area contributed by atoms with Crippen LogP contribution in [0, 0.1) is 20.2 Å². The Morgan fingerprint density at radius 1 is 1.09 bits per heavy atom. The summed E-state index contributed by atoms with van der Waals surface area (Å²) in [6.45, 7) is 2.71. The lowest BCUT2D eigenvalue weighted by atomic mass is 10.1. The first-order valence-corrected chi connectivity index (χ1v) is 9.03. The summed E-state index contributed by atoms with van der Waals surface area (Å²) < 4.78 is 78.5. The number of nitro groups is 2. The molecule has 0 aliphatic rings. The Morgan fingerprint density at radius 2 is 1.65 bits per heavy atom. The van der Waals surface area contributed by atoms with Crippen LogP contribution in [0.3, 0.4) is 0 Å². The summed E-state index contributed by atoms with van der Waals surface area (Å²) in [5, 5.41) is 34.1. The van der Waals surface area contributed by atoms with Gasteiger partial charge < -0.3 is 10.1 Å². The predicted molar refractivity (Wildman–Crippen MR) is 107 cm³/mol. The third-order valence-corrected chi connectivity index (χ3v) is 4.66. The first-order valence-electron chi connectivity index (χ1n) is 8.65. The summed E-state index contributed by atoms with van der Waals surface area (Å²) in [5.41, 5.74) is -7.39. The van der Waals surface area contributed by atoms with Crippen LogP contribution in [-0.2, 0) is 12.4 Å². The largest absolute Gasteiger partial charge is 0.418 e. The number of halogens is 7. The van der Waals surface area contributed by atoms with Gasteiger partial charge in [-0.25, -0.2) is 0 Å². The van der Waals surface area contributed by atoms with Crippen molar-refractivity contribution in [3.05, 3.63) is 84.9 Å². The Hall–Kier alpha value is -3.88. The number of hydrogen-bond acceptors (Lipinski definition) is 6. The van der Waals surface area contributed by atoms with Gasteiger partial charge in [0.15, 0.2) is 5.84 Å². The summed E-state index contributed by atoms with van der Waals surface area (Å²) in [6, 6.07) is 2.67. The van der Waals surface area contributed by atoms with Crippen LogP contribution in [0.4, 0.5) is 43.4 Å². The molecule has 0 aliphatic carbocycles. The van der Waals surface area contributed by atoms with E-state index in [-0.39, 0.29) is 11.6 Å². The van der Waals surface area contributed by atoms with Gasteiger partial charge in [0, 0.05) is 18.2 Å². The van der Waals surface area contributed by atoms with Crippen LogP contribution in [0.15, 0.2) is 48.1 Å². The number of amidine groups is 1. The van der Waals surface area contributed by atoms with Crippen molar-refractivity contribution in [3.8, 4) is 0 Å². The zero-order chi connectivity index (χ0) is 26.0. The average Bonchev–Trinajstić information content (AvgIpc) is 2.71. The Kier molecular flexibility index (Phi) is 7.40. The number of hydrogen-bond donors (Lipinski definition) is 1. The molecule has 2 aromatic rings. The van der Waals surface area contributed by atoms with Crippen molar-refractivity contribution < 1.29 is 41.4 Å². The molecule has 0 heterocycles. The van der Waals surface area contributed by atoms with Gasteiger partial charge in [0.25, 0.3) is 0 Å².